The Kier molecular flexibility index (Phi) is 6.11. The molecule has 168 valence electrons. The highest BCUT2D eigenvalue weighted by molar-refractivity contribution is 7.99. The van der Waals surface area contributed by atoms with Crippen molar-refractivity contribution in [3.63, 3.8) is 0 Å². The molecule has 32 heavy (non-hydrogen) atoms. The summed E-state index contributed by atoms with van der Waals surface area (Å²) in [6.07, 6.45) is 1.98. The number of nitrogens with zero attached hydrogens (tertiary/aromatic N) is 3. The Labute approximate surface area is 190 Å². The molecule has 1 amide bonds. The second kappa shape index (κ2) is 8.68. The number of aryl methyl sites for hydroxylation is 1. The highest BCUT2D eigenvalue weighted by Gasteiger charge is 2.24. The second-order valence-electron chi connectivity index (χ2n) is 7.92. The Hall–Kier alpha value is -2.69. The van der Waals surface area contributed by atoms with Crippen LogP contribution in [0.3, 0.4) is 0 Å². The standard InChI is InChI=1S/C22H24N4O4S2/c1-14-8-11-16(32(29,30)25(2)3)12-19(14)26-21(28)17-6-4-5-7-18(17)24-22(26)31-13-20(27)23-15-9-10-15/h4-8,11-12,15H,9-10,13H2,1-3H3,(H,23,27). The van der Waals surface area contributed by atoms with Gasteiger partial charge in [-0.3, -0.25) is 14.2 Å². The zero-order valence-corrected chi connectivity index (χ0v) is 19.7. The van der Waals surface area contributed by atoms with Gasteiger partial charge in [0.05, 0.1) is 27.2 Å². The van der Waals surface area contributed by atoms with Gasteiger partial charge in [-0.25, -0.2) is 17.7 Å². The zero-order chi connectivity index (χ0) is 23.0. The molecule has 0 radical (unpaired) electrons. The lowest BCUT2D eigenvalue weighted by Gasteiger charge is -2.17. The first-order valence-electron chi connectivity index (χ1n) is 10.2. The summed E-state index contributed by atoms with van der Waals surface area (Å²) in [4.78, 5) is 30.4. The number of nitrogens with one attached hydrogen (secondary N) is 1. The van der Waals surface area contributed by atoms with Crippen molar-refractivity contribution in [1.82, 2.24) is 19.2 Å². The Morgan fingerprint density at radius 3 is 2.62 bits per heavy atom. The summed E-state index contributed by atoms with van der Waals surface area (Å²) >= 11 is 1.16. The van der Waals surface area contributed by atoms with Gasteiger partial charge in [-0.15, -0.1) is 0 Å². The molecule has 1 aliphatic rings. The summed E-state index contributed by atoms with van der Waals surface area (Å²) in [5.41, 5.74) is 1.34. The van der Waals surface area contributed by atoms with Crippen molar-refractivity contribution in [3.8, 4) is 5.69 Å². The van der Waals surface area contributed by atoms with Crippen LogP contribution in [0.25, 0.3) is 16.6 Å². The van der Waals surface area contributed by atoms with Crippen LogP contribution in [0.5, 0.6) is 0 Å². The van der Waals surface area contributed by atoms with Gasteiger partial charge in [-0.2, -0.15) is 0 Å². The summed E-state index contributed by atoms with van der Waals surface area (Å²) in [5.74, 6) is -0.0113. The molecule has 0 spiro atoms. The highest BCUT2D eigenvalue weighted by Crippen LogP contribution is 2.26. The van der Waals surface area contributed by atoms with E-state index in [0.717, 1.165) is 28.9 Å². The SMILES string of the molecule is Cc1ccc(S(=O)(=O)N(C)C)cc1-n1c(SCC(=O)NC2CC2)nc2ccccc2c1=O. The molecular formula is C22H24N4O4S2. The largest absolute Gasteiger partial charge is 0.353 e. The van der Waals surface area contributed by atoms with Crippen LogP contribution in [0.15, 0.2) is 57.3 Å². The van der Waals surface area contributed by atoms with Crippen molar-refractivity contribution in [3.05, 3.63) is 58.4 Å². The maximum absolute atomic E-state index is 13.5. The average molecular weight is 473 g/mol. The number of carbonyl (C=O) groups excluding carboxylic acids is 1. The van der Waals surface area contributed by atoms with Crippen molar-refractivity contribution in [1.29, 1.82) is 0 Å². The van der Waals surface area contributed by atoms with E-state index in [1.807, 2.05) is 0 Å². The summed E-state index contributed by atoms with van der Waals surface area (Å²) in [7, 11) is -0.785. The van der Waals surface area contributed by atoms with E-state index in [1.54, 1.807) is 37.3 Å². The minimum atomic E-state index is -3.70. The maximum atomic E-state index is 13.5. The number of rotatable bonds is 7. The zero-order valence-electron chi connectivity index (χ0n) is 18.0. The van der Waals surface area contributed by atoms with Gasteiger partial charge in [-0.05, 0) is 49.6 Å². The summed E-state index contributed by atoms with van der Waals surface area (Å²) in [6.45, 7) is 1.80. The number of aromatic nitrogens is 2. The molecule has 10 heteroatoms. The first-order valence-corrected chi connectivity index (χ1v) is 12.6. The lowest BCUT2D eigenvalue weighted by molar-refractivity contribution is -0.118. The Balaban J connectivity index is 1.86. The molecule has 1 fully saturated rings. The molecule has 8 nitrogen and oxygen atoms in total. The van der Waals surface area contributed by atoms with Gasteiger partial charge in [0, 0.05) is 20.1 Å². The van der Waals surface area contributed by atoms with Crippen molar-refractivity contribution < 1.29 is 13.2 Å². The molecule has 0 bridgehead atoms. The molecule has 2 aromatic carbocycles. The molecule has 0 atom stereocenters. The molecular weight excluding hydrogens is 448 g/mol. The highest BCUT2D eigenvalue weighted by atomic mass is 32.2. The topological polar surface area (TPSA) is 101 Å². The van der Waals surface area contributed by atoms with Crippen LogP contribution in [-0.4, -0.2) is 54.1 Å². The van der Waals surface area contributed by atoms with Crippen LogP contribution in [-0.2, 0) is 14.8 Å². The molecule has 1 aliphatic carbocycles. The number of benzene rings is 2. The quantitative estimate of drug-likeness (QED) is 0.418. The maximum Gasteiger partial charge on any atom is 0.266 e. The van der Waals surface area contributed by atoms with Crippen LogP contribution in [0.4, 0.5) is 0 Å². The summed E-state index contributed by atoms with van der Waals surface area (Å²) in [5, 5.41) is 3.68. The van der Waals surface area contributed by atoms with Crippen LogP contribution < -0.4 is 10.9 Å². The number of para-hydroxylation sites is 1. The summed E-state index contributed by atoms with van der Waals surface area (Å²) in [6, 6.07) is 11.9. The predicted octanol–water partition coefficient (Wildman–Crippen LogP) is 2.32. The smallest absolute Gasteiger partial charge is 0.266 e. The molecule has 1 aromatic heterocycles. The van der Waals surface area contributed by atoms with Gasteiger partial charge in [0.1, 0.15) is 0 Å². The number of hydrogen-bond acceptors (Lipinski definition) is 6. The van der Waals surface area contributed by atoms with E-state index in [9.17, 15) is 18.0 Å². The first kappa shape index (κ1) is 22.5. The van der Waals surface area contributed by atoms with E-state index in [0.29, 0.717) is 27.3 Å². The summed E-state index contributed by atoms with van der Waals surface area (Å²) < 4.78 is 27.9. The average Bonchev–Trinajstić information content (AvgIpc) is 3.57. The lowest BCUT2D eigenvalue weighted by Crippen LogP contribution is -2.28. The number of hydrogen-bond donors (Lipinski definition) is 1. The third kappa shape index (κ3) is 4.43. The Morgan fingerprint density at radius 2 is 1.94 bits per heavy atom. The van der Waals surface area contributed by atoms with E-state index < -0.39 is 10.0 Å². The van der Waals surface area contributed by atoms with Crippen molar-refractivity contribution in [2.24, 2.45) is 0 Å². The molecule has 3 aromatic rings. The third-order valence-electron chi connectivity index (χ3n) is 5.22. The van der Waals surface area contributed by atoms with Crippen molar-refractivity contribution >= 4 is 38.6 Å². The van der Waals surface area contributed by atoms with Crippen LogP contribution in [0, 0.1) is 6.92 Å². The normalized spacial score (nSPS) is 14.1. The fourth-order valence-corrected chi connectivity index (χ4v) is 4.99. The van der Waals surface area contributed by atoms with Crippen LogP contribution in [0.2, 0.25) is 0 Å². The molecule has 1 saturated carbocycles. The Bertz CT molecular complexity index is 1360. The van der Waals surface area contributed by atoms with Gasteiger partial charge in [-0.1, -0.05) is 30.0 Å². The van der Waals surface area contributed by atoms with E-state index in [-0.39, 0.29) is 28.2 Å². The van der Waals surface area contributed by atoms with E-state index >= 15 is 0 Å². The molecule has 4 rings (SSSR count). The second-order valence-corrected chi connectivity index (χ2v) is 11.0. The van der Waals surface area contributed by atoms with Crippen LogP contribution >= 0.6 is 11.8 Å². The van der Waals surface area contributed by atoms with Gasteiger partial charge in [0.25, 0.3) is 5.56 Å². The minimum Gasteiger partial charge on any atom is -0.353 e. The molecule has 0 saturated heterocycles. The molecule has 1 heterocycles. The lowest BCUT2D eigenvalue weighted by atomic mass is 10.2. The third-order valence-corrected chi connectivity index (χ3v) is 7.97. The number of carbonyl (C=O) groups is 1. The van der Waals surface area contributed by atoms with Gasteiger partial charge in [0.2, 0.25) is 15.9 Å². The van der Waals surface area contributed by atoms with Gasteiger partial charge < -0.3 is 5.32 Å². The van der Waals surface area contributed by atoms with E-state index in [1.165, 1.54) is 30.8 Å². The monoisotopic (exact) mass is 472 g/mol. The Morgan fingerprint density at radius 1 is 1.22 bits per heavy atom. The predicted molar refractivity (Wildman–Crippen MR) is 125 cm³/mol. The fourth-order valence-electron chi connectivity index (χ4n) is 3.25. The van der Waals surface area contributed by atoms with E-state index in [4.69, 9.17) is 0 Å². The van der Waals surface area contributed by atoms with Crippen molar-refractivity contribution in [2.75, 3.05) is 19.8 Å². The van der Waals surface area contributed by atoms with E-state index in [2.05, 4.69) is 10.3 Å². The number of sulfonamides is 1. The number of fused-ring (bicyclic) bond motifs is 1. The minimum absolute atomic E-state index is 0.0746. The fraction of sp³-hybridized carbons (Fsp3) is 0.318. The molecule has 0 unspecified atom stereocenters. The number of amides is 1. The number of thioether (sulfide) groups is 1. The van der Waals surface area contributed by atoms with Crippen LogP contribution in [0.1, 0.15) is 18.4 Å². The van der Waals surface area contributed by atoms with Crippen molar-refractivity contribution in [2.45, 2.75) is 35.9 Å². The first-order chi connectivity index (χ1) is 15.2. The molecule has 1 N–H and O–H groups in total. The van der Waals surface area contributed by atoms with Gasteiger partial charge >= 0.3 is 0 Å². The molecule has 0 aliphatic heterocycles. The van der Waals surface area contributed by atoms with Gasteiger partial charge in [0.15, 0.2) is 5.16 Å².